The lowest BCUT2D eigenvalue weighted by Gasteiger charge is -2.24. The summed E-state index contributed by atoms with van der Waals surface area (Å²) in [6, 6.07) is 38.3. The van der Waals surface area contributed by atoms with Gasteiger partial charge in [-0.05, 0) is 135 Å². The molecule has 1 aliphatic rings. The van der Waals surface area contributed by atoms with Crippen molar-refractivity contribution in [3.63, 3.8) is 0 Å². The van der Waals surface area contributed by atoms with Gasteiger partial charge in [0.25, 0.3) is 0 Å². The minimum absolute atomic E-state index is 0.0316. The molecule has 274 valence electrons. The van der Waals surface area contributed by atoms with E-state index in [4.69, 9.17) is 15.7 Å². The van der Waals surface area contributed by atoms with Gasteiger partial charge in [-0.15, -0.1) is 0 Å². The molecule has 1 heterocycles. The van der Waals surface area contributed by atoms with E-state index in [9.17, 15) is 6.85 Å². The molecule has 0 N–H and O–H groups in total. The summed E-state index contributed by atoms with van der Waals surface area (Å²) in [7, 11) is 0. The lowest BCUT2D eigenvalue weighted by atomic mass is 9.82. The van der Waals surface area contributed by atoms with Crippen molar-refractivity contribution in [1.82, 2.24) is 0 Å². The zero-order chi connectivity index (χ0) is 50.2. The topological polar surface area (TPSA) is 9.23 Å². The fraction of sp³-hybridized carbons (Fsp3) is 0. The second kappa shape index (κ2) is 13.4. The van der Waals surface area contributed by atoms with Crippen LogP contribution in [0.5, 0.6) is 11.5 Å². The van der Waals surface area contributed by atoms with E-state index < -0.39 is 36.3 Å². The summed E-state index contributed by atoms with van der Waals surface area (Å²) in [4.78, 5) is 0. The van der Waals surface area contributed by atoms with Crippen LogP contribution in [0.4, 0.5) is 0 Å². The molecule has 0 aliphatic carbocycles. The van der Waals surface area contributed by atoms with E-state index in [1.807, 2.05) is 115 Å². The Morgan fingerprint density at radius 2 is 0.983 bits per heavy atom. The van der Waals surface area contributed by atoms with Gasteiger partial charge in [0, 0.05) is 10.9 Å². The van der Waals surface area contributed by atoms with Gasteiger partial charge in [-0.3, -0.25) is 0 Å². The standard InChI is InChI=1S/C58H36O/c1-4-15-37(16-5-1)41-28-29-47-49-26-14-25-48-45(31-32-53(57(48)49)59-54(47)36-41)43-33-42(38-17-6-2-7-18-38)34-44(35-43)55-50-23-12-13-24-51(50)56(40-20-8-3-9-21-40)58-46-22-11-10-19-39(46)27-30-52(55)58/h1-36H/i1D,3D,4D,5D,8D,9D,15D,16D,20D,21D,33D,34D,35D. The molecule has 11 aromatic rings. The number of ether oxygens (including phenoxy) is 1. The molecule has 12 rings (SSSR count). The Kier molecular flexibility index (Phi) is 5.21. The average Bonchev–Trinajstić information content (AvgIpc) is 3.39. The number of benzene rings is 11. The Bertz CT molecular complexity index is 4170. The van der Waals surface area contributed by atoms with E-state index in [-0.39, 0.29) is 64.6 Å². The molecule has 1 nitrogen and oxygen atoms in total. The zero-order valence-electron chi connectivity index (χ0n) is 44.2. The number of hydrogen-bond acceptors (Lipinski definition) is 1. The van der Waals surface area contributed by atoms with Gasteiger partial charge in [0.1, 0.15) is 11.5 Å². The van der Waals surface area contributed by atoms with Gasteiger partial charge in [0.05, 0.1) is 17.8 Å². The second-order valence-corrected chi connectivity index (χ2v) is 14.5. The van der Waals surface area contributed by atoms with Gasteiger partial charge in [0.2, 0.25) is 0 Å². The molecule has 0 amide bonds. The summed E-state index contributed by atoms with van der Waals surface area (Å²) < 4.78 is 124. The fourth-order valence-corrected chi connectivity index (χ4v) is 8.73. The van der Waals surface area contributed by atoms with Gasteiger partial charge in [-0.1, -0.05) is 182 Å². The first-order valence-electron chi connectivity index (χ1n) is 25.8. The quantitative estimate of drug-likeness (QED) is 0.125. The van der Waals surface area contributed by atoms with Gasteiger partial charge in [0.15, 0.2) is 0 Å². The lowest BCUT2D eigenvalue weighted by molar-refractivity contribution is 0.487. The third-order valence-corrected chi connectivity index (χ3v) is 11.3. The van der Waals surface area contributed by atoms with Crippen LogP contribution >= 0.6 is 0 Å². The molecule has 1 aliphatic heterocycles. The summed E-state index contributed by atoms with van der Waals surface area (Å²) >= 11 is 0. The maximum Gasteiger partial charge on any atom is 0.135 e. The Hall–Kier alpha value is -7.74. The van der Waals surface area contributed by atoms with E-state index >= 15 is 0 Å². The van der Waals surface area contributed by atoms with Crippen molar-refractivity contribution in [2.24, 2.45) is 0 Å². The Balaban J connectivity index is 1.17. The smallest absolute Gasteiger partial charge is 0.135 e. The van der Waals surface area contributed by atoms with E-state index in [0.717, 1.165) is 16.3 Å². The van der Waals surface area contributed by atoms with Crippen molar-refractivity contribution >= 4 is 43.1 Å². The van der Waals surface area contributed by atoms with E-state index in [1.165, 1.54) is 0 Å². The lowest BCUT2D eigenvalue weighted by Crippen LogP contribution is -1.98. The van der Waals surface area contributed by atoms with E-state index in [1.54, 1.807) is 24.3 Å². The summed E-state index contributed by atoms with van der Waals surface area (Å²) in [6.45, 7) is 0. The molecule has 11 aromatic carbocycles. The molecule has 0 saturated carbocycles. The largest absolute Gasteiger partial charge is 0.456 e. The van der Waals surface area contributed by atoms with Crippen molar-refractivity contribution in [3.8, 4) is 78.3 Å². The van der Waals surface area contributed by atoms with Crippen LogP contribution in [-0.2, 0) is 0 Å². The molecular formula is C58H36O. The number of hydrogen-bond donors (Lipinski definition) is 0. The second-order valence-electron chi connectivity index (χ2n) is 14.5. The highest BCUT2D eigenvalue weighted by molar-refractivity contribution is 6.28. The van der Waals surface area contributed by atoms with Crippen molar-refractivity contribution in [1.29, 1.82) is 0 Å². The summed E-state index contributed by atoms with van der Waals surface area (Å²) in [5.74, 6) is 0.890. The van der Waals surface area contributed by atoms with Crippen LogP contribution < -0.4 is 4.74 Å². The molecule has 0 saturated heterocycles. The van der Waals surface area contributed by atoms with Crippen LogP contribution in [-0.4, -0.2) is 0 Å². The first kappa shape index (κ1) is 22.9. The van der Waals surface area contributed by atoms with Crippen LogP contribution in [0.25, 0.3) is 110 Å². The van der Waals surface area contributed by atoms with Crippen LogP contribution in [0.1, 0.15) is 17.8 Å². The summed E-state index contributed by atoms with van der Waals surface area (Å²) in [5, 5.41) is 5.27. The maximum atomic E-state index is 10.4. The molecule has 0 bridgehead atoms. The number of rotatable bonds is 5. The van der Waals surface area contributed by atoms with Crippen molar-refractivity contribution in [3.05, 3.63) is 218 Å². The van der Waals surface area contributed by atoms with Crippen molar-refractivity contribution in [2.45, 2.75) is 0 Å². The van der Waals surface area contributed by atoms with Gasteiger partial charge >= 0.3 is 0 Å². The van der Waals surface area contributed by atoms with Gasteiger partial charge < -0.3 is 4.74 Å². The van der Waals surface area contributed by atoms with Crippen molar-refractivity contribution in [2.75, 3.05) is 0 Å². The molecule has 0 spiro atoms. The molecule has 1 heteroatoms. The molecular weight excluding hydrogens is 713 g/mol. The highest BCUT2D eigenvalue weighted by Gasteiger charge is 2.24. The zero-order valence-corrected chi connectivity index (χ0v) is 31.2. The third-order valence-electron chi connectivity index (χ3n) is 11.3. The Labute approximate surface area is 361 Å². The minimum Gasteiger partial charge on any atom is -0.456 e. The molecule has 0 atom stereocenters. The van der Waals surface area contributed by atoms with E-state index in [2.05, 4.69) is 0 Å². The SMILES string of the molecule is [2H]c1c([2H])c([2H])c(-c2ccc3c(c2)Oc2ccc(-c4c([2H])c(-c5ccccc5)c([2H])c(-c5c6ccccc6c(-c6c([2H])c([2H])c([2H])c([2H])c6[2H])c6c5ccc5ccccc56)c4[2H])c4cccc-3c24)c([2H])c1[2H]. The third kappa shape index (κ3) is 5.40. The Morgan fingerprint density at radius 3 is 1.80 bits per heavy atom. The van der Waals surface area contributed by atoms with Gasteiger partial charge in [-0.25, -0.2) is 0 Å². The molecule has 0 aromatic heterocycles. The maximum absolute atomic E-state index is 10.4. The first-order valence-corrected chi connectivity index (χ1v) is 19.3. The molecule has 0 unspecified atom stereocenters. The minimum atomic E-state index is -0.506. The first-order chi connectivity index (χ1) is 34.7. The average molecular weight is 762 g/mol. The summed E-state index contributed by atoms with van der Waals surface area (Å²) in [5.41, 5.74) is 4.84. The fourth-order valence-electron chi connectivity index (χ4n) is 8.73. The highest BCUT2D eigenvalue weighted by atomic mass is 16.5. The van der Waals surface area contributed by atoms with Crippen LogP contribution in [0.2, 0.25) is 0 Å². The molecule has 59 heavy (non-hydrogen) atoms. The summed E-state index contributed by atoms with van der Waals surface area (Å²) in [6.07, 6.45) is 0. The molecule has 0 fully saturated rings. The highest BCUT2D eigenvalue weighted by Crippen LogP contribution is 2.51. The van der Waals surface area contributed by atoms with Gasteiger partial charge in [-0.2, -0.15) is 0 Å². The van der Waals surface area contributed by atoms with Crippen LogP contribution in [0, 0.1) is 0 Å². The van der Waals surface area contributed by atoms with E-state index in [0.29, 0.717) is 82.8 Å². The molecule has 0 radical (unpaired) electrons. The Morgan fingerprint density at radius 1 is 0.322 bits per heavy atom. The van der Waals surface area contributed by atoms with Crippen molar-refractivity contribution < 1.29 is 22.6 Å². The number of fused-ring (bicyclic) bond motifs is 6. The predicted molar refractivity (Wildman–Crippen MR) is 249 cm³/mol. The predicted octanol–water partition coefficient (Wildman–Crippen LogP) is 16.4. The van der Waals surface area contributed by atoms with Crippen LogP contribution in [0.15, 0.2) is 218 Å². The van der Waals surface area contributed by atoms with Crippen LogP contribution in [0.3, 0.4) is 0 Å². The normalized spacial score (nSPS) is 14.9. The monoisotopic (exact) mass is 761 g/mol.